The van der Waals surface area contributed by atoms with Gasteiger partial charge in [-0.25, -0.2) is 4.79 Å². The molecule has 22 heteroatoms. The molecule has 1 aliphatic rings. The van der Waals surface area contributed by atoms with E-state index in [1.165, 1.54) is 0 Å². The molecule has 1 aliphatic heterocycles. The van der Waals surface area contributed by atoms with Crippen molar-refractivity contribution in [3.8, 4) is 5.75 Å². The predicted molar refractivity (Wildman–Crippen MR) is 173 cm³/mol. The zero-order valence-corrected chi connectivity index (χ0v) is 28.2. The number of aromatic hydroxyl groups is 1. The van der Waals surface area contributed by atoms with Gasteiger partial charge in [0.05, 0.1) is 39.9 Å². The molecule has 0 amide bonds. The predicted octanol–water partition coefficient (Wildman–Crippen LogP) is 3.21. The molecule has 0 saturated carbocycles. The maximum atomic E-state index is 12.2. The van der Waals surface area contributed by atoms with Crippen LogP contribution >= 0.6 is 0 Å². The van der Waals surface area contributed by atoms with Gasteiger partial charge in [0.25, 0.3) is 20.2 Å². The number of aromatic nitrogens is 3. The molecule has 3 aromatic carbocycles. The molecular weight excluding hydrogens is 750 g/mol. The second-order valence-electron chi connectivity index (χ2n) is 10.1. The van der Waals surface area contributed by atoms with Gasteiger partial charge in [0, 0.05) is 35.7 Å². The molecule has 2 heterocycles. The minimum Gasteiger partial charge on any atom is -0.504 e. The standard InChI is InChI=1S/C28H27N9O10S2.Cu/c1-16-29-27(32-28(30-16)37-9-11-47-12-10-37)31-22-14-19(49(44,45)46)15-23(24(22)38)34-36-25(17-5-3-2-4-6-17)35-33-21-13-18(48(41,42)43)7-8-20(21)26(39)40;/h2-8,13-15,33,38H,9-12H2,1H3,(H,39,40)(H,41,42,43)(H,44,45,46)(H,29,30,31,32);. The van der Waals surface area contributed by atoms with Gasteiger partial charge in [0.2, 0.25) is 17.7 Å². The van der Waals surface area contributed by atoms with E-state index < -0.39 is 53.0 Å². The number of aryl methyl sites for hydroxylation is 1. The third-order valence-corrected chi connectivity index (χ3v) is 8.40. The Hall–Kier alpha value is -5.09. The number of anilines is 4. The average Bonchev–Trinajstić information content (AvgIpc) is 3.05. The van der Waals surface area contributed by atoms with Crippen molar-refractivity contribution in [1.82, 2.24) is 15.0 Å². The van der Waals surface area contributed by atoms with E-state index in [0.717, 1.165) is 30.3 Å². The first-order valence-corrected chi connectivity index (χ1v) is 16.9. The topological polar surface area (TPSA) is 279 Å². The molecule has 50 heavy (non-hydrogen) atoms. The normalized spacial score (nSPS) is 13.9. The molecule has 0 aliphatic carbocycles. The SMILES string of the molecule is Cc1nc(Nc2cc(S(=O)(=O)O)cc(N=NC(=NNc3cc(S(=O)(=O)O)ccc3C(=O)O)c3ccccc3)c2O)nc(N2CCOCC2)n1.[Cu]. The van der Waals surface area contributed by atoms with Crippen molar-refractivity contribution < 1.29 is 62.8 Å². The molecule has 1 saturated heterocycles. The number of carbonyl (C=O) groups is 1. The quantitative estimate of drug-likeness (QED) is 0.0256. The molecular formula is C28H27CuN9O10S2. The van der Waals surface area contributed by atoms with Crippen molar-refractivity contribution in [2.24, 2.45) is 15.3 Å². The molecule has 1 radical (unpaired) electrons. The number of ether oxygens (including phenoxy) is 1. The van der Waals surface area contributed by atoms with Crippen LogP contribution in [0.3, 0.4) is 0 Å². The Balaban J connectivity index is 0.00000562. The summed E-state index contributed by atoms with van der Waals surface area (Å²) in [4.78, 5) is 25.2. The van der Waals surface area contributed by atoms with Crippen LogP contribution in [0, 0.1) is 6.92 Å². The molecule has 0 atom stereocenters. The Kier molecular flexibility index (Phi) is 11.8. The van der Waals surface area contributed by atoms with Crippen LogP contribution in [0.5, 0.6) is 5.75 Å². The van der Waals surface area contributed by atoms with Crippen molar-refractivity contribution in [3.63, 3.8) is 0 Å². The van der Waals surface area contributed by atoms with Gasteiger partial charge in [-0.2, -0.15) is 36.9 Å². The molecule has 19 nitrogen and oxygen atoms in total. The van der Waals surface area contributed by atoms with Gasteiger partial charge in [-0.1, -0.05) is 30.3 Å². The van der Waals surface area contributed by atoms with Crippen LogP contribution in [-0.4, -0.2) is 89.2 Å². The van der Waals surface area contributed by atoms with Crippen LogP contribution in [0.2, 0.25) is 0 Å². The van der Waals surface area contributed by atoms with Crippen LogP contribution in [0.4, 0.5) is 29.0 Å². The number of azo groups is 1. The number of carboxylic acids is 1. The van der Waals surface area contributed by atoms with E-state index in [0.29, 0.717) is 43.6 Å². The summed E-state index contributed by atoms with van der Waals surface area (Å²) in [7, 11) is -9.56. The number of phenols is 1. The number of hydrogen-bond acceptors (Lipinski definition) is 15. The van der Waals surface area contributed by atoms with Gasteiger partial charge >= 0.3 is 5.97 Å². The second-order valence-corrected chi connectivity index (χ2v) is 13.0. The number of amidine groups is 1. The molecule has 0 unspecified atom stereocenters. The second kappa shape index (κ2) is 15.6. The van der Waals surface area contributed by atoms with E-state index in [-0.39, 0.29) is 40.2 Å². The number of aromatic carboxylic acids is 1. The number of rotatable bonds is 10. The van der Waals surface area contributed by atoms with E-state index in [1.54, 1.807) is 37.3 Å². The van der Waals surface area contributed by atoms with E-state index in [9.17, 15) is 40.9 Å². The van der Waals surface area contributed by atoms with Crippen molar-refractivity contribution in [1.29, 1.82) is 0 Å². The molecule has 5 rings (SSSR count). The summed E-state index contributed by atoms with van der Waals surface area (Å²) in [5.74, 6) is -1.75. The minimum atomic E-state index is -4.85. The van der Waals surface area contributed by atoms with Gasteiger partial charge in [-0.15, -0.1) is 10.2 Å². The summed E-state index contributed by atoms with van der Waals surface area (Å²) in [5, 5.41) is 35.5. The smallest absolute Gasteiger partial charge is 0.337 e. The van der Waals surface area contributed by atoms with Crippen molar-refractivity contribution in [2.75, 3.05) is 41.9 Å². The van der Waals surface area contributed by atoms with Crippen LogP contribution in [0.15, 0.2) is 85.8 Å². The van der Waals surface area contributed by atoms with Gasteiger partial charge in [0.15, 0.2) is 5.75 Å². The molecule has 0 bridgehead atoms. The molecule has 4 aromatic rings. The van der Waals surface area contributed by atoms with Gasteiger partial charge < -0.3 is 25.2 Å². The Morgan fingerprint density at radius 3 is 2.20 bits per heavy atom. The van der Waals surface area contributed by atoms with Gasteiger partial charge in [0.1, 0.15) is 11.5 Å². The molecule has 0 spiro atoms. The van der Waals surface area contributed by atoms with E-state index in [1.807, 2.05) is 4.90 Å². The van der Waals surface area contributed by atoms with E-state index in [4.69, 9.17) is 4.74 Å². The summed E-state index contributed by atoms with van der Waals surface area (Å²) in [6, 6.07) is 12.4. The Labute approximate surface area is 295 Å². The number of hydrazone groups is 1. The zero-order valence-electron chi connectivity index (χ0n) is 25.6. The molecule has 1 fully saturated rings. The first-order chi connectivity index (χ1) is 23.2. The first-order valence-electron chi connectivity index (χ1n) is 14.0. The molecule has 1 aromatic heterocycles. The first kappa shape index (κ1) is 37.7. The summed E-state index contributed by atoms with van der Waals surface area (Å²) < 4.78 is 72.4. The fourth-order valence-electron chi connectivity index (χ4n) is 4.37. The number of carboxylic acid groups (broad SMARTS) is 1. The van der Waals surface area contributed by atoms with Crippen LogP contribution in [0.1, 0.15) is 21.7 Å². The largest absolute Gasteiger partial charge is 0.504 e. The Morgan fingerprint density at radius 2 is 1.56 bits per heavy atom. The number of nitrogens with one attached hydrogen (secondary N) is 2. The van der Waals surface area contributed by atoms with E-state index >= 15 is 0 Å². The number of phenolic OH excluding ortho intramolecular Hbond substituents is 1. The number of morpholine rings is 1. The summed E-state index contributed by atoms with van der Waals surface area (Å²) in [6.45, 7) is 3.56. The fourth-order valence-corrected chi connectivity index (χ4v) is 5.41. The van der Waals surface area contributed by atoms with Crippen LogP contribution in [-0.2, 0) is 42.0 Å². The maximum Gasteiger partial charge on any atom is 0.337 e. The van der Waals surface area contributed by atoms with Gasteiger partial charge in [-0.3, -0.25) is 14.5 Å². The fraction of sp³-hybridized carbons (Fsp3) is 0.179. The summed E-state index contributed by atoms with van der Waals surface area (Å²) in [6.07, 6.45) is 0. The van der Waals surface area contributed by atoms with Crippen LogP contribution in [0.25, 0.3) is 0 Å². The maximum absolute atomic E-state index is 12.2. The molecule has 6 N–H and O–H groups in total. The molecule has 267 valence electrons. The monoisotopic (exact) mass is 776 g/mol. The van der Waals surface area contributed by atoms with Crippen LogP contribution < -0.4 is 15.6 Å². The minimum absolute atomic E-state index is 0. The summed E-state index contributed by atoms with van der Waals surface area (Å²) >= 11 is 0. The Morgan fingerprint density at radius 1 is 0.900 bits per heavy atom. The van der Waals surface area contributed by atoms with Crippen molar-refractivity contribution >= 4 is 61.0 Å². The third-order valence-electron chi connectivity index (χ3n) is 6.72. The Bertz CT molecular complexity index is 2180. The summed E-state index contributed by atoms with van der Waals surface area (Å²) in [5.41, 5.74) is 1.23. The average molecular weight is 777 g/mol. The zero-order chi connectivity index (χ0) is 35.3. The third kappa shape index (κ3) is 9.32. The van der Waals surface area contributed by atoms with Crippen molar-refractivity contribution in [2.45, 2.75) is 16.7 Å². The number of nitrogens with zero attached hydrogens (tertiary/aromatic N) is 7. The van der Waals surface area contributed by atoms with Crippen molar-refractivity contribution in [3.05, 3.63) is 77.6 Å². The number of hydrogen-bond donors (Lipinski definition) is 6. The van der Waals surface area contributed by atoms with Gasteiger partial charge in [-0.05, 0) is 37.3 Å². The van der Waals surface area contributed by atoms with E-state index in [2.05, 4.69) is 41.0 Å². The number of benzene rings is 3.